The smallest absolute Gasteiger partial charge is 0.341 e. The van der Waals surface area contributed by atoms with Crippen LogP contribution < -0.4 is 21.8 Å². The van der Waals surface area contributed by atoms with Gasteiger partial charge in [0.2, 0.25) is 0 Å². The van der Waals surface area contributed by atoms with E-state index in [4.69, 9.17) is 4.74 Å². The highest BCUT2D eigenvalue weighted by Crippen LogP contribution is 2.14. The van der Waals surface area contributed by atoms with Gasteiger partial charge in [-0.3, -0.25) is 0 Å². The van der Waals surface area contributed by atoms with Crippen molar-refractivity contribution in [1.29, 1.82) is 0 Å². The zero-order chi connectivity index (χ0) is 21.1. The van der Waals surface area contributed by atoms with Gasteiger partial charge in [0.25, 0.3) is 0 Å². The lowest BCUT2D eigenvalue weighted by atomic mass is 10.2. The number of benzene rings is 2. The molecule has 0 aliphatic rings. The van der Waals surface area contributed by atoms with Crippen LogP contribution in [0.1, 0.15) is 5.56 Å². The quantitative estimate of drug-likeness (QED) is 0.589. The summed E-state index contributed by atoms with van der Waals surface area (Å²) >= 11 is 0. The van der Waals surface area contributed by atoms with E-state index in [9.17, 15) is 23.2 Å². The molecule has 3 rings (SSSR count). The molecule has 0 radical (unpaired) electrons. The van der Waals surface area contributed by atoms with Crippen molar-refractivity contribution in [3.05, 3.63) is 104 Å². The van der Waals surface area contributed by atoms with E-state index >= 15 is 0 Å². The topological polar surface area (TPSA) is 75.2 Å². The van der Waals surface area contributed by atoms with Crippen LogP contribution in [0.15, 0.2) is 69.5 Å². The minimum atomic E-state index is -1.03. The summed E-state index contributed by atoms with van der Waals surface area (Å²) < 4.78 is 35.4. The third kappa shape index (κ3) is 3.66. The number of aromatic nitrogens is 3. The average molecular weight is 401 g/mol. The lowest BCUT2D eigenvalue weighted by Gasteiger charge is -2.14. The van der Waals surface area contributed by atoms with E-state index in [1.165, 1.54) is 31.4 Å². The van der Waals surface area contributed by atoms with E-state index in [2.05, 4.69) is 6.58 Å². The number of halogens is 2. The molecule has 1 heterocycles. The average Bonchev–Trinajstić information content (AvgIpc) is 2.70. The molecule has 0 unspecified atom stereocenters. The van der Waals surface area contributed by atoms with Crippen LogP contribution in [0, 0.1) is 11.6 Å². The number of hydrogen-bond acceptors (Lipinski definition) is 4. The summed E-state index contributed by atoms with van der Waals surface area (Å²) in [5.74, 6) is -1.45. The predicted molar refractivity (Wildman–Crippen MR) is 103 cm³/mol. The lowest BCUT2D eigenvalue weighted by molar-refractivity contribution is 0.414. The van der Waals surface area contributed by atoms with Gasteiger partial charge in [0.15, 0.2) is 0 Å². The van der Waals surface area contributed by atoms with Crippen molar-refractivity contribution in [3.8, 4) is 11.4 Å². The van der Waals surface area contributed by atoms with Crippen molar-refractivity contribution >= 4 is 0 Å². The third-order valence-corrected chi connectivity index (χ3v) is 4.31. The van der Waals surface area contributed by atoms with E-state index in [1.54, 1.807) is 12.1 Å². The molecule has 0 aliphatic carbocycles. The Balaban J connectivity index is 2.33. The molecule has 0 saturated heterocycles. The van der Waals surface area contributed by atoms with Gasteiger partial charge in [0.05, 0.1) is 25.9 Å². The number of nitrogens with zero attached hydrogens (tertiary/aromatic N) is 3. The Hall–Kier alpha value is -3.75. The first kappa shape index (κ1) is 20.0. The van der Waals surface area contributed by atoms with Crippen LogP contribution in [0.2, 0.25) is 0 Å². The number of rotatable bonds is 6. The van der Waals surface area contributed by atoms with Gasteiger partial charge < -0.3 is 4.74 Å². The second kappa shape index (κ2) is 8.09. The van der Waals surface area contributed by atoms with Crippen molar-refractivity contribution in [3.63, 3.8) is 0 Å². The molecule has 7 nitrogen and oxygen atoms in total. The van der Waals surface area contributed by atoms with Gasteiger partial charge >= 0.3 is 17.1 Å². The highest BCUT2D eigenvalue weighted by Gasteiger charge is 2.19. The summed E-state index contributed by atoms with van der Waals surface area (Å²) in [6, 6.07) is 9.28. The normalized spacial score (nSPS) is 10.7. The highest BCUT2D eigenvalue weighted by molar-refractivity contribution is 5.38. The molecule has 0 fully saturated rings. The Bertz CT molecular complexity index is 1240. The maximum absolute atomic E-state index is 14.1. The van der Waals surface area contributed by atoms with Crippen LogP contribution >= 0.6 is 0 Å². The van der Waals surface area contributed by atoms with Crippen LogP contribution in [0.3, 0.4) is 0 Å². The zero-order valence-corrected chi connectivity index (χ0v) is 15.5. The highest BCUT2D eigenvalue weighted by atomic mass is 19.1. The van der Waals surface area contributed by atoms with Crippen LogP contribution in [-0.2, 0) is 13.1 Å². The Kier molecular flexibility index (Phi) is 5.58. The van der Waals surface area contributed by atoms with Crippen LogP contribution in [0.5, 0.6) is 5.75 Å². The van der Waals surface area contributed by atoms with E-state index in [0.29, 0.717) is 10.3 Å². The molecule has 0 N–H and O–H groups in total. The fourth-order valence-corrected chi connectivity index (χ4v) is 2.87. The summed E-state index contributed by atoms with van der Waals surface area (Å²) in [6.07, 6.45) is 1.30. The summed E-state index contributed by atoms with van der Waals surface area (Å²) in [7, 11) is 1.42. The Morgan fingerprint density at radius 1 is 0.966 bits per heavy atom. The summed E-state index contributed by atoms with van der Waals surface area (Å²) in [5, 5.41) is 0. The molecule has 29 heavy (non-hydrogen) atoms. The second-order valence-corrected chi connectivity index (χ2v) is 6.07. The third-order valence-electron chi connectivity index (χ3n) is 4.31. The standard InChI is InChI=1S/C20H17F2N3O4/c1-3-10-23-18(26)24(12-15-16(21)8-5-9-17(15)22)20(28)25(19(23)27)13-6-4-7-14(11-13)29-2/h3-9,11H,1,10,12H2,2H3. The predicted octanol–water partition coefficient (Wildman–Crippen LogP) is 1.68. The van der Waals surface area contributed by atoms with E-state index in [0.717, 1.165) is 21.3 Å². The summed E-state index contributed by atoms with van der Waals surface area (Å²) in [4.78, 5) is 38.5. The van der Waals surface area contributed by atoms with Crippen molar-refractivity contribution in [2.24, 2.45) is 0 Å². The van der Waals surface area contributed by atoms with E-state index < -0.39 is 40.8 Å². The Morgan fingerprint density at radius 2 is 1.59 bits per heavy atom. The number of hydrogen-bond donors (Lipinski definition) is 0. The number of methoxy groups -OCH3 is 1. The zero-order valence-electron chi connectivity index (χ0n) is 15.5. The minimum absolute atomic E-state index is 0.139. The molecule has 0 atom stereocenters. The first-order chi connectivity index (χ1) is 13.9. The van der Waals surface area contributed by atoms with Crippen molar-refractivity contribution < 1.29 is 13.5 Å². The molecule has 3 aromatic rings. The van der Waals surface area contributed by atoms with Crippen molar-refractivity contribution in [2.75, 3.05) is 7.11 Å². The van der Waals surface area contributed by atoms with Gasteiger partial charge in [-0.15, -0.1) is 6.58 Å². The van der Waals surface area contributed by atoms with Crippen LogP contribution in [-0.4, -0.2) is 20.8 Å². The molecule has 150 valence electrons. The molecule has 0 aliphatic heterocycles. The minimum Gasteiger partial charge on any atom is -0.497 e. The first-order valence-electron chi connectivity index (χ1n) is 8.54. The summed E-state index contributed by atoms with van der Waals surface area (Å²) in [6.45, 7) is 2.62. The monoisotopic (exact) mass is 401 g/mol. The molecular weight excluding hydrogens is 384 g/mol. The van der Waals surface area contributed by atoms with E-state index in [-0.39, 0.29) is 12.2 Å². The van der Waals surface area contributed by atoms with Crippen molar-refractivity contribution in [1.82, 2.24) is 13.7 Å². The van der Waals surface area contributed by atoms with Gasteiger partial charge in [-0.25, -0.2) is 36.9 Å². The Morgan fingerprint density at radius 3 is 2.21 bits per heavy atom. The molecule has 0 bridgehead atoms. The van der Waals surface area contributed by atoms with Gasteiger partial charge in [0, 0.05) is 11.6 Å². The molecule has 2 aromatic carbocycles. The molecule has 0 saturated carbocycles. The molecule has 0 spiro atoms. The maximum Gasteiger partial charge on any atom is 0.341 e. The fraction of sp³-hybridized carbons (Fsp3) is 0.150. The van der Waals surface area contributed by atoms with Crippen molar-refractivity contribution in [2.45, 2.75) is 13.1 Å². The molecular formula is C20H17F2N3O4. The number of allylic oxidation sites excluding steroid dienone is 1. The summed E-state index contributed by atoms with van der Waals surface area (Å²) in [5.41, 5.74) is -3.26. The Labute approximate surface area is 163 Å². The van der Waals surface area contributed by atoms with Crippen LogP contribution in [0.4, 0.5) is 8.78 Å². The first-order valence-corrected chi connectivity index (χ1v) is 8.54. The van der Waals surface area contributed by atoms with Gasteiger partial charge in [0.1, 0.15) is 17.4 Å². The van der Waals surface area contributed by atoms with Gasteiger partial charge in [-0.1, -0.05) is 18.2 Å². The second-order valence-electron chi connectivity index (χ2n) is 6.07. The fourth-order valence-electron chi connectivity index (χ4n) is 2.87. The van der Waals surface area contributed by atoms with Gasteiger partial charge in [-0.2, -0.15) is 0 Å². The lowest BCUT2D eigenvalue weighted by Crippen LogP contribution is -2.54. The van der Waals surface area contributed by atoms with Crippen LogP contribution in [0.25, 0.3) is 5.69 Å². The molecule has 0 amide bonds. The molecule has 9 heteroatoms. The maximum atomic E-state index is 14.1. The largest absolute Gasteiger partial charge is 0.497 e. The van der Waals surface area contributed by atoms with E-state index in [1.807, 2.05) is 0 Å². The number of ether oxygens (including phenoxy) is 1. The van der Waals surface area contributed by atoms with Gasteiger partial charge in [-0.05, 0) is 24.3 Å². The molecule has 1 aromatic heterocycles. The SMILES string of the molecule is C=CCn1c(=O)n(Cc2c(F)cccc2F)c(=O)n(-c2cccc(OC)c2)c1=O.